The maximum absolute atomic E-state index is 9.20. The van der Waals surface area contributed by atoms with E-state index in [2.05, 4.69) is 0 Å². The van der Waals surface area contributed by atoms with Crippen LogP contribution < -0.4 is 0 Å². The van der Waals surface area contributed by atoms with Gasteiger partial charge >= 0.3 is 0 Å². The molecule has 1 heterocycles. The van der Waals surface area contributed by atoms with Gasteiger partial charge in [0.05, 0.1) is 31.8 Å². The van der Waals surface area contributed by atoms with E-state index in [1.165, 1.54) is 0 Å². The van der Waals surface area contributed by atoms with Crippen molar-refractivity contribution in [3.8, 4) is 0 Å². The lowest BCUT2D eigenvalue weighted by Crippen LogP contribution is -2.50. The fourth-order valence-electron chi connectivity index (χ4n) is 1.26. The average Bonchev–Trinajstić information content (AvgIpc) is 2.10. The maximum Gasteiger partial charge on any atom is 0.162 e. The normalized spacial score (nSPS) is 25.8. The fourth-order valence-corrected chi connectivity index (χ4v) is 1.26. The van der Waals surface area contributed by atoms with E-state index >= 15 is 0 Å². The third-order valence-corrected chi connectivity index (χ3v) is 2.24. The smallest absolute Gasteiger partial charge is 0.162 e. The molecule has 0 unspecified atom stereocenters. The molecule has 13 heavy (non-hydrogen) atoms. The second kappa shape index (κ2) is 3.92. The largest absolute Gasteiger partial charge is 0.396 e. The van der Waals surface area contributed by atoms with E-state index in [0.717, 1.165) is 0 Å². The summed E-state index contributed by atoms with van der Waals surface area (Å²) in [6, 6.07) is 0. The van der Waals surface area contributed by atoms with Crippen LogP contribution in [0.2, 0.25) is 0 Å². The number of aliphatic hydroxyl groups is 1. The van der Waals surface area contributed by atoms with Crippen LogP contribution in [0.25, 0.3) is 0 Å². The predicted octanol–water partition coefficient (Wildman–Crippen LogP) is 0.394. The first kappa shape index (κ1) is 10.9. The monoisotopic (exact) mass is 190 g/mol. The average molecular weight is 190 g/mol. The van der Waals surface area contributed by atoms with E-state index in [0.29, 0.717) is 19.8 Å². The topological polar surface area (TPSA) is 47.9 Å². The Morgan fingerprint density at radius 2 is 1.85 bits per heavy atom. The van der Waals surface area contributed by atoms with Crippen LogP contribution in [-0.4, -0.2) is 44.4 Å². The Kier molecular flexibility index (Phi) is 3.29. The van der Waals surface area contributed by atoms with E-state index in [9.17, 15) is 5.11 Å². The maximum atomic E-state index is 9.20. The quantitative estimate of drug-likeness (QED) is 0.699. The first-order valence-corrected chi connectivity index (χ1v) is 4.41. The van der Waals surface area contributed by atoms with E-state index in [4.69, 9.17) is 14.2 Å². The molecule has 0 spiro atoms. The van der Waals surface area contributed by atoms with Gasteiger partial charge in [0, 0.05) is 7.11 Å². The third kappa shape index (κ3) is 2.64. The highest BCUT2D eigenvalue weighted by atomic mass is 16.7. The molecule has 0 bridgehead atoms. The summed E-state index contributed by atoms with van der Waals surface area (Å²) in [7, 11) is 1.61. The van der Waals surface area contributed by atoms with Gasteiger partial charge < -0.3 is 19.3 Å². The van der Waals surface area contributed by atoms with Gasteiger partial charge in [-0.2, -0.15) is 0 Å². The summed E-state index contributed by atoms with van der Waals surface area (Å²) < 4.78 is 15.9. The molecular weight excluding hydrogens is 172 g/mol. The highest BCUT2D eigenvalue weighted by Gasteiger charge is 2.39. The van der Waals surface area contributed by atoms with E-state index < -0.39 is 5.79 Å². The van der Waals surface area contributed by atoms with Crippen molar-refractivity contribution in [1.29, 1.82) is 0 Å². The van der Waals surface area contributed by atoms with Crippen LogP contribution in [0.15, 0.2) is 0 Å². The van der Waals surface area contributed by atoms with Gasteiger partial charge in [0.15, 0.2) is 5.79 Å². The van der Waals surface area contributed by atoms with E-state index in [-0.39, 0.29) is 12.0 Å². The lowest BCUT2D eigenvalue weighted by atomic mass is 9.91. The van der Waals surface area contributed by atoms with Crippen molar-refractivity contribution in [2.45, 2.75) is 19.6 Å². The van der Waals surface area contributed by atoms with Gasteiger partial charge in [-0.3, -0.25) is 0 Å². The lowest BCUT2D eigenvalue weighted by molar-refractivity contribution is -0.295. The first-order valence-electron chi connectivity index (χ1n) is 4.41. The van der Waals surface area contributed by atoms with Crippen molar-refractivity contribution >= 4 is 0 Å². The predicted molar refractivity (Wildman–Crippen MR) is 47.4 cm³/mol. The van der Waals surface area contributed by atoms with Crippen LogP contribution in [0.5, 0.6) is 0 Å². The highest BCUT2D eigenvalue weighted by Crippen LogP contribution is 2.29. The van der Waals surface area contributed by atoms with Crippen molar-refractivity contribution < 1.29 is 19.3 Å². The number of hydrogen-bond donors (Lipinski definition) is 1. The van der Waals surface area contributed by atoms with Gasteiger partial charge in [-0.15, -0.1) is 0 Å². The van der Waals surface area contributed by atoms with Gasteiger partial charge in [0.1, 0.15) is 0 Å². The van der Waals surface area contributed by atoms with Gasteiger partial charge in [-0.1, -0.05) is 0 Å². The Bertz CT molecular complexity index is 157. The van der Waals surface area contributed by atoms with Crippen molar-refractivity contribution in [3.63, 3.8) is 0 Å². The van der Waals surface area contributed by atoms with Gasteiger partial charge in [-0.25, -0.2) is 0 Å². The zero-order valence-electron chi connectivity index (χ0n) is 8.50. The SMILES string of the molecule is COCC1(CO)COC(C)(C)OC1. The summed E-state index contributed by atoms with van der Waals surface area (Å²) in [5.74, 6) is -0.535. The molecule has 4 nitrogen and oxygen atoms in total. The molecule has 0 aromatic carbocycles. The molecule has 0 atom stereocenters. The Morgan fingerprint density at radius 1 is 1.31 bits per heavy atom. The minimum absolute atomic E-state index is 0.0247. The summed E-state index contributed by atoms with van der Waals surface area (Å²) in [6.45, 7) is 5.16. The van der Waals surface area contributed by atoms with Gasteiger partial charge in [-0.05, 0) is 13.8 Å². The minimum Gasteiger partial charge on any atom is -0.396 e. The molecule has 4 heteroatoms. The van der Waals surface area contributed by atoms with E-state index in [1.807, 2.05) is 13.8 Å². The Morgan fingerprint density at radius 3 is 2.23 bits per heavy atom. The summed E-state index contributed by atoms with van der Waals surface area (Å²) >= 11 is 0. The van der Waals surface area contributed by atoms with Gasteiger partial charge in [0.25, 0.3) is 0 Å². The molecule has 1 saturated heterocycles. The first-order chi connectivity index (χ1) is 6.04. The second-order valence-corrected chi connectivity index (χ2v) is 4.07. The molecular formula is C9H18O4. The zero-order valence-corrected chi connectivity index (χ0v) is 8.50. The molecule has 0 radical (unpaired) electrons. The fraction of sp³-hybridized carbons (Fsp3) is 1.00. The second-order valence-electron chi connectivity index (χ2n) is 4.07. The van der Waals surface area contributed by atoms with Crippen LogP contribution >= 0.6 is 0 Å². The van der Waals surface area contributed by atoms with E-state index in [1.54, 1.807) is 7.11 Å². The molecule has 0 amide bonds. The van der Waals surface area contributed by atoms with Crippen LogP contribution in [0.4, 0.5) is 0 Å². The van der Waals surface area contributed by atoms with Crippen LogP contribution in [0, 0.1) is 5.41 Å². The van der Waals surface area contributed by atoms with Crippen LogP contribution in [-0.2, 0) is 14.2 Å². The summed E-state index contributed by atoms with van der Waals surface area (Å²) in [4.78, 5) is 0. The van der Waals surface area contributed by atoms with Gasteiger partial charge in [0.2, 0.25) is 0 Å². The molecule has 78 valence electrons. The molecule has 0 saturated carbocycles. The molecule has 1 rings (SSSR count). The van der Waals surface area contributed by atoms with Crippen molar-refractivity contribution in [2.75, 3.05) is 33.5 Å². The number of rotatable bonds is 3. The summed E-state index contributed by atoms with van der Waals surface area (Å²) in [6.07, 6.45) is 0. The highest BCUT2D eigenvalue weighted by molar-refractivity contribution is 4.82. The van der Waals surface area contributed by atoms with Crippen molar-refractivity contribution in [1.82, 2.24) is 0 Å². The number of hydrogen-bond acceptors (Lipinski definition) is 4. The molecule has 0 aromatic heterocycles. The lowest BCUT2D eigenvalue weighted by Gasteiger charge is -2.41. The van der Waals surface area contributed by atoms with Crippen LogP contribution in [0.1, 0.15) is 13.8 Å². The molecule has 0 aromatic rings. The molecule has 1 aliphatic rings. The zero-order chi connectivity index (χ0) is 9.95. The number of ether oxygens (including phenoxy) is 3. The Labute approximate surface area is 78.8 Å². The van der Waals surface area contributed by atoms with Crippen molar-refractivity contribution in [2.24, 2.45) is 5.41 Å². The molecule has 1 aliphatic heterocycles. The third-order valence-electron chi connectivity index (χ3n) is 2.24. The summed E-state index contributed by atoms with van der Waals surface area (Å²) in [5, 5.41) is 9.20. The molecule has 1 N–H and O–H groups in total. The Balaban J connectivity index is 2.52. The number of aliphatic hydroxyl groups excluding tert-OH is 1. The van der Waals surface area contributed by atoms with Crippen LogP contribution in [0.3, 0.4) is 0 Å². The minimum atomic E-state index is -0.535. The molecule has 1 fully saturated rings. The van der Waals surface area contributed by atoms with Crippen molar-refractivity contribution in [3.05, 3.63) is 0 Å². The summed E-state index contributed by atoms with van der Waals surface area (Å²) in [5.41, 5.74) is -0.385. The standard InChI is InChI=1S/C9H18O4/c1-8(2)12-6-9(4-10,5-11-3)7-13-8/h10H,4-7H2,1-3H3. The molecule has 0 aliphatic carbocycles. The Hall–Kier alpha value is -0.160. The number of methoxy groups -OCH3 is 1.